The molecule has 0 saturated carbocycles. The van der Waals surface area contributed by atoms with Crippen LogP contribution in [-0.2, 0) is 17.1 Å². The van der Waals surface area contributed by atoms with E-state index in [4.69, 9.17) is 0 Å². The van der Waals surface area contributed by atoms with E-state index in [0.717, 1.165) is 6.42 Å². The average molecular weight is 198 g/mol. The smallest absolute Gasteiger partial charge is 0.168 e. The van der Waals surface area contributed by atoms with Crippen molar-refractivity contribution < 1.29 is 8.42 Å². The zero-order chi connectivity index (χ0) is 9.84. The van der Waals surface area contributed by atoms with Gasteiger partial charge < -0.3 is 0 Å². The topological polar surface area (TPSA) is 34.1 Å². The highest BCUT2D eigenvalue weighted by molar-refractivity contribution is 7.72. The van der Waals surface area contributed by atoms with E-state index in [2.05, 4.69) is 13.8 Å². The first-order valence-corrected chi connectivity index (χ1v) is 5.50. The van der Waals surface area contributed by atoms with Crippen LogP contribution in [0.25, 0.3) is 0 Å². The highest BCUT2D eigenvalue weighted by Gasteiger charge is 1.98. The molecule has 1 aromatic carbocycles. The van der Waals surface area contributed by atoms with Crippen molar-refractivity contribution in [2.24, 2.45) is 5.92 Å². The molecular weight excluding hydrogens is 184 g/mol. The molecular formula is C10H14O2S. The van der Waals surface area contributed by atoms with Crippen LogP contribution in [0, 0.1) is 5.92 Å². The maximum absolute atomic E-state index is 10.6. The summed E-state index contributed by atoms with van der Waals surface area (Å²) in [6, 6.07) is 7.06. The van der Waals surface area contributed by atoms with E-state index in [1.54, 1.807) is 12.1 Å². The third kappa shape index (κ3) is 3.19. The first-order chi connectivity index (χ1) is 6.09. The Balaban J connectivity index is 2.81. The maximum atomic E-state index is 10.6. The molecule has 0 saturated heterocycles. The minimum atomic E-state index is -2.43. The van der Waals surface area contributed by atoms with Crippen molar-refractivity contribution in [1.29, 1.82) is 0 Å². The van der Waals surface area contributed by atoms with Gasteiger partial charge in [0.15, 0.2) is 10.7 Å². The lowest BCUT2D eigenvalue weighted by molar-refractivity contribution is 0.614. The predicted molar refractivity (Wildman–Crippen MR) is 53.6 cm³/mol. The Kier molecular flexibility index (Phi) is 3.48. The Morgan fingerprint density at radius 2 is 1.69 bits per heavy atom. The molecule has 0 spiro atoms. The lowest BCUT2D eigenvalue weighted by Gasteiger charge is -2.03. The van der Waals surface area contributed by atoms with Crippen molar-refractivity contribution in [3.05, 3.63) is 29.8 Å². The molecule has 0 aliphatic rings. The molecule has 13 heavy (non-hydrogen) atoms. The van der Waals surface area contributed by atoms with Gasteiger partial charge in [0.25, 0.3) is 0 Å². The molecule has 0 bridgehead atoms. The Bertz CT molecular complexity index is 328. The fraction of sp³-hybridized carbons (Fsp3) is 0.400. The fourth-order valence-corrected chi connectivity index (χ4v) is 1.62. The van der Waals surface area contributed by atoms with Crippen LogP contribution < -0.4 is 0 Å². The Morgan fingerprint density at radius 3 is 2.08 bits per heavy atom. The summed E-state index contributed by atoms with van der Waals surface area (Å²) < 4.78 is 21.1. The van der Waals surface area contributed by atoms with Crippen molar-refractivity contribution in [3.8, 4) is 0 Å². The monoisotopic (exact) mass is 198 g/mol. The summed E-state index contributed by atoms with van der Waals surface area (Å²) in [4.78, 5) is 0.391. The summed E-state index contributed by atoms with van der Waals surface area (Å²) in [5.74, 6) is 0.604. The van der Waals surface area contributed by atoms with Crippen LogP contribution in [0.4, 0.5) is 0 Å². The first kappa shape index (κ1) is 10.3. The lowest BCUT2D eigenvalue weighted by Crippen LogP contribution is -1.93. The summed E-state index contributed by atoms with van der Waals surface area (Å²) in [5.41, 5.74) is 1.19. The van der Waals surface area contributed by atoms with Gasteiger partial charge in [-0.05, 0) is 30.0 Å². The molecule has 1 rings (SSSR count). The van der Waals surface area contributed by atoms with Gasteiger partial charge in [-0.1, -0.05) is 26.0 Å². The first-order valence-electron chi connectivity index (χ1n) is 4.33. The van der Waals surface area contributed by atoms with Gasteiger partial charge in [0.05, 0.1) is 4.90 Å². The van der Waals surface area contributed by atoms with Gasteiger partial charge in [0.1, 0.15) is 0 Å². The van der Waals surface area contributed by atoms with Crippen LogP contribution in [0.2, 0.25) is 0 Å². The summed E-state index contributed by atoms with van der Waals surface area (Å²) in [5, 5.41) is 0. The minimum Gasteiger partial charge on any atom is -0.227 e. The zero-order valence-corrected chi connectivity index (χ0v) is 8.75. The minimum absolute atomic E-state index is 0.391. The molecule has 72 valence electrons. The maximum Gasteiger partial charge on any atom is 0.168 e. The molecule has 0 fully saturated rings. The molecule has 2 nitrogen and oxygen atoms in total. The van der Waals surface area contributed by atoms with Gasteiger partial charge in [-0.25, -0.2) is 8.42 Å². The number of benzene rings is 1. The van der Waals surface area contributed by atoms with Gasteiger partial charge in [-0.2, -0.15) is 0 Å². The Hall–Kier alpha value is -0.830. The van der Waals surface area contributed by atoms with Crippen molar-refractivity contribution in [3.63, 3.8) is 0 Å². The Labute approximate surface area is 80.5 Å². The lowest BCUT2D eigenvalue weighted by atomic mass is 10.0. The molecule has 0 N–H and O–H groups in total. The SMILES string of the molecule is CC(C)Cc1ccc([SH](=O)=O)cc1. The van der Waals surface area contributed by atoms with Crippen LogP contribution in [-0.4, -0.2) is 8.42 Å². The van der Waals surface area contributed by atoms with Crippen LogP contribution in [0.15, 0.2) is 29.2 Å². The van der Waals surface area contributed by atoms with E-state index in [-0.39, 0.29) is 0 Å². The van der Waals surface area contributed by atoms with E-state index in [1.165, 1.54) is 5.56 Å². The molecule has 0 amide bonds. The standard InChI is InChI=1S/C10H14O2S/c1-8(2)7-9-3-5-10(6-4-9)13(11)12/h3-6,8,13H,7H2,1-2H3. The largest absolute Gasteiger partial charge is 0.227 e. The summed E-state index contributed by atoms with van der Waals surface area (Å²) >= 11 is 0. The average Bonchev–Trinajstić information content (AvgIpc) is 2.04. The zero-order valence-electron chi connectivity index (χ0n) is 7.86. The summed E-state index contributed by atoms with van der Waals surface area (Å²) in [7, 11) is -2.43. The van der Waals surface area contributed by atoms with Crippen molar-refractivity contribution in [2.75, 3.05) is 0 Å². The molecule has 0 aliphatic carbocycles. The second kappa shape index (κ2) is 4.42. The van der Waals surface area contributed by atoms with Crippen LogP contribution >= 0.6 is 0 Å². The number of thiol groups is 1. The quantitative estimate of drug-likeness (QED) is 0.752. The second-order valence-electron chi connectivity index (χ2n) is 3.52. The molecule has 3 heteroatoms. The highest BCUT2D eigenvalue weighted by atomic mass is 32.2. The van der Waals surface area contributed by atoms with Gasteiger partial charge >= 0.3 is 0 Å². The molecule has 0 atom stereocenters. The predicted octanol–water partition coefficient (Wildman–Crippen LogP) is 1.86. The molecule has 1 aromatic rings. The fourth-order valence-electron chi connectivity index (χ4n) is 1.23. The van der Waals surface area contributed by atoms with Gasteiger partial charge in [-0.3, -0.25) is 0 Å². The molecule has 0 heterocycles. The third-order valence-electron chi connectivity index (χ3n) is 1.79. The highest BCUT2D eigenvalue weighted by Crippen LogP contribution is 2.10. The Morgan fingerprint density at radius 1 is 1.15 bits per heavy atom. The van der Waals surface area contributed by atoms with Gasteiger partial charge in [-0.15, -0.1) is 0 Å². The van der Waals surface area contributed by atoms with E-state index in [9.17, 15) is 8.42 Å². The van der Waals surface area contributed by atoms with Crippen LogP contribution in [0.3, 0.4) is 0 Å². The van der Waals surface area contributed by atoms with Crippen LogP contribution in [0.5, 0.6) is 0 Å². The van der Waals surface area contributed by atoms with E-state index in [1.807, 2.05) is 12.1 Å². The van der Waals surface area contributed by atoms with Gasteiger partial charge in [0.2, 0.25) is 0 Å². The number of hydrogen-bond donors (Lipinski definition) is 1. The molecule has 0 aromatic heterocycles. The second-order valence-corrected chi connectivity index (χ2v) is 4.55. The van der Waals surface area contributed by atoms with Crippen molar-refractivity contribution in [1.82, 2.24) is 0 Å². The summed E-state index contributed by atoms with van der Waals surface area (Å²) in [6.45, 7) is 4.28. The third-order valence-corrected chi connectivity index (χ3v) is 2.51. The molecule has 0 radical (unpaired) electrons. The number of rotatable bonds is 3. The van der Waals surface area contributed by atoms with E-state index >= 15 is 0 Å². The normalized spacial score (nSPS) is 11.1. The van der Waals surface area contributed by atoms with Crippen molar-refractivity contribution >= 4 is 10.7 Å². The number of hydrogen-bond acceptors (Lipinski definition) is 2. The van der Waals surface area contributed by atoms with E-state index in [0.29, 0.717) is 10.8 Å². The van der Waals surface area contributed by atoms with Gasteiger partial charge in [0, 0.05) is 0 Å². The van der Waals surface area contributed by atoms with E-state index < -0.39 is 10.7 Å². The summed E-state index contributed by atoms with van der Waals surface area (Å²) in [6.07, 6.45) is 0.996. The molecule has 0 unspecified atom stereocenters. The molecule has 0 aliphatic heterocycles. The van der Waals surface area contributed by atoms with Crippen molar-refractivity contribution in [2.45, 2.75) is 25.2 Å². The van der Waals surface area contributed by atoms with Crippen LogP contribution in [0.1, 0.15) is 19.4 Å².